The molecule has 0 saturated heterocycles. The van der Waals surface area contributed by atoms with Gasteiger partial charge >= 0.3 is 5.97 Å². The molecule has 0 aromatic carbocycles. The van der Waals surface area contributed by atoms with Crippen LogP contribution in [0.4, 0.5) is 0 Å². The highest BCUT2D eigenvalue weighted by Crippen LogP contribution is 2.11. The van der Waals surface area contributed by atoms with Crippen molar-refractivity contribution in [3.05, 3.63) is 6.42 Å². The van der Waals surface area contributed by atoms with Crippen molar-refractivity contribution in [1.82, 2.24) is 0 Å². The number of carboxylic acids is 1. The SMILES string of the molecule is CCC([CH]CCCC#N)C(=O)O. The topological polar surface area (TPSA) is 61.1 Å². The fourth-order valence-corrected chi connectivity index (χ4v) is 0.942. The average molecular weight is 168 g/mol. The molecule has 0 spiro atoms. The Hall–Kier alpha value is -1.04. The molecule has 1 atom stereocenters. The first kappa shape index (κ1) is 11.0. The third-order valence-electron chi connectivity index (χ3n) is 1.70. The van der Waals surface area contributed by atoms with Gasteiger partial charge in [0.2, 0.25) is 0 Å². The van der Waals surface area contributed by atoms with E-state index in [0.717, 1.165) is 12.8 Å². The number of rotatable bonds is 6. The van der Waals surface area contributed by atoms with Crippen LogP contribution in [0.15, 0.2) is 0 Å². The number of hydrogen-bond donors (Lipinski definition) is 1. The van der Waals surface area contributed by atoms with E-state index in [1.54, 1.807) is 6.42 Å². The second-order valence-electron chi connectivity index (χ2n) is 2.64. The van der Waals surface area contributed by atoms with Gasteiger partial charge < -0.3 is 5.11 Å². The molecule has 3 heteroatoms. The van der Waals surface area contributed by atoms with Gasteiger partial charge in [-0.3, -0.25) is 4.79 Å². The monoisotopic (exact) mass is 168 g/mol. The lowest BCUT2D eigenvalue weighted by atomic mass is 9.99. The number of nitrogens with zero attached hydrogens (tertiary/aromatic N) is 1. The fourth-order valence-electron chi connectivity index (χ4n) is 0.942. The maximum absolute atomic E-state index is 10.5. The molecule has 0 aliphatic heterocycles. The lowest BCUT2D eigenvalue weighted by molar-refractivity contribution is -0.140. The minimum absolute atomic E-state index is 0.344. The molecular formula is C9H14NO2. The molecule has 0 rings (SSSR count). The predicted octanol–water partition coefficient (Wildman–Crippen LogP) is 2.00. The molecule has 1 radical (unpaired) electrons. The Morgan fingerprint density at radius 2 is 2.42 bits per heavy atom. The highest BCUT2D eigenvalue weighted by molar-refractivity contribution is 5.71. The van der Waals surface area contributed by atoms with Gasteiger partial charge in [-0.05, 0) is 25.7 Å². The summed E-state index contributed by atoms with van der Waals surface area (Å²) in [5.74, 6) is -1.11. The molecule has 0 aromatic heterocycles. The van der Waals surface area contributed by atoms with Crippen molar-refractivity contribution in [2.24, 2.45) is 5.92 Å². The highest BCUT2D eigenvalue weighted by Gasteiger charge is 2.13. The predicted molar refractivity (Wildman–Crippen MR) is 45.2 cm³/mol. The quantitative estimate of drug-likeness (QED) is 0.617. The summed E-state index contributed by atoms with van der Waals surface area (Å²) in [7, 11) is 0. The van der Waals surface area contributed by atoms with Gasteiger partial charge in [-0.15, -0.1) is 0 Å². The van der Waals surface area contributed by atoms with E-state index in [1.807, 2.05) is 13.0 Å². The largest absolute Gasteiger partial charge is 0.481 e. The van der Waals surface area contributed by atoms with Crippen LogP contribution in [0.5, 0.6) is 0 Å². The maximum atomic E-state index is 10.5. The average Bonchev–Trinajstić information content (AvgIpc) is 2.04. The van der Waals surface area contributed by atoms with Gasteiger partial charge in [0, 0.05) is 6.42 Å². The van der Waals surface area contributed by atoms with E-state index in [2.05, 4.69) is 0 Å². The smallest absolute Gasteiger partial charge is 0.306 e. The number of unbranched alkanes of at least 4 members (excludes halogenated alkanes) is 2. The molecule has 0 bridgehead atoms. The van der Waals surface area contributed by atoms with Gasteiger partial charge in [-0.25, -0.2) is 0 Å². The zero-order chi connectivity index (χ0) is 9.40. The first-order chi connectivity index (χ1) is 5.72. The summed E-state index contributed by atoms with van der Waals surface area (Å²) in [6.45, 7) is 1.85. The van der Waals surface area contributed by atoms with Crippen molar-refractivity contribution in [3.8, 4) is 6.07 Å². The van der Waals surface area contributed by atoms with Crippen LogP contribution in [0.3, 0.4) is 0 Å². The number of hydrogen-bond acceptors (Lipinski definition) is 2. The molecule has 0 saturated carbocycles. The zero-order valence-corrected chi connectivity index (χ0v) is 7.29. The van der Waals surface area contributed by atoms with Crippen molar-refractivity contribution in [1.29, 1.82) is 5.26 Å². The molecule has 0 heterocycles. The molecule has 1 N–H and O–H groups in total. The Kier molecular flexibility index (Phi) is 6.08. The van der Waals surface area contributed by atoms with Gasteiger partial charge in [-0.1, -0.05) is 6.92 Å². The number of carboxylic acid groups (broad SMARTS) is 1. The van der Waals surface area contributed by atoms with Gasteiger partial charge in [-0.2, -0.15) is 5.26 Å². The first-order valence-electron chi connectivity index (χ1n) is 4.15. The Labute approximate surface area is 73.0 Å². The summed E-state index contributed by atoms with van der Waals surface area (Å²) in [4.78, 5) is 10.5. The molecule has 0 fully saturated rings. The molecule has 67 valence electrons. The van der Waals surface area contributed by atoms with Gasteiger partial charge in [0.15, 0.2) is 0 Å². The standard InChI is InChI=1S/C9H14NO2/c1-2-8(9(11)12)6-4-3-5-7-10/h6,8H,2-5H2,1H3,(H,11,12). The second-order valence-corrected chi connectivity index (χ2v) is 2.64. The summed E-state index contributed by atoms with van der Waals surface area (Å²) in [6, 6.07) is 2.02. The van der Waals surface area contributed by atoms with Gasteiger partial charge in [0.25, 0.3) is 0 Å². The highest BCUT2D eigenvalue weighted by atomic mass is 16.4. The molecule has 12 heavy (non-hydrogen) atoms. The molecule has 0 amide bonds. The van der Waals surface area contributed by atoms with Crippen LogP contribution in [0.25, 0.3) is 0 Å². The van der Waals surface area contributed by atoms with E-state index in [4.69, 9.17) is 10.4 Å². The van der Waals surface area contributed by atoms with Crippen LogP contribution in [0.2, 0.25) is 0 Å². The van der Waals surface area contributed by atoms with Crippen molar-refractivity contribution in [2.45, 2.75) is 32.6 Å². The van der Waals surface area contributed by atoms with Crippen LogP contribution in [-0.4, -0.2) is 11.1 Å². The van der Waals surface area contributed by atoms with Gasteiger partial charge in [0.1, 0.15) is 0 Å². The Balaban J connectivity index is 3.46. The lowest BCUT2D eigenvalue weighted by Gasteiger charge is -2.06. The molecule has 1 unspecified atom stereocenters. The fraction of sp³-hybridized carbons (Fsp3) is 0.667. The molecular weight excluding hydrogens is 154 g/mol. The van der Waals surface area contributed by atoms with E-state index >= 15 is 0 Å². The lowest BCUT2D eigenvalue weighted by Crippen LogP contribution is -2.12. The minimum Gasteiger partial charge on any atom is -0.481 e. The Bertz CT molecular complexity index is 172. The normalized spacial score (nSPS) is 12.0. The summed E-state index contributed by atoms with van der Waals surface area (Å²) in [5, 5.41) is 16.9. The van der Waals surface area contributed by atoms with E-state index in [-0.39, 0.29) is 5.92 Å². The zero-order valence-electron chi connectivity index (χ0n) is 7.29. The number of aliphatic carboxylic acids is 1. The van der Waals surface area contributed by atoms with E-state index in [1.165, 1.54) is 0 Å². The van der Waals surface area contributed by atoms with Crippen LogP contribution < -0.4 is 0 Å². The molecule has 0 aliphatic carbocycles. The third-order valence-corrected chi connectivity index (χ3v) is 1.70. The molecule has 0 aromatic rings. The first-order valence-corrected chi connectivity index (χ1v) is 4.15. The summed E-state index contributed by atoms with van der Waals surface area (Å²) in [6.07, 6.45) is 4.40. The summed E-state index contributed by atoms with van der Waals surface area (Å²) in [5.41, 5.74) is 0. The number of nitriles is 1. The van der Waals surface area contributed by atoms with E-state index in [0.29, 0.717) is 12.8 Å². The molecule has 3 nitrogen and oxygen atoms in total. The second kappa shape index (κ2) is 6.66. The van der Waals surface area contributed by atoms with Crippen LogP contribution in [0.1, 0.15) is 32.6 Å². The van der Waals surface area contributed by atoms with Crippen molar-refractivity contribution in [2.75, 3.05) is 0 Å². The van der Waals surface area contributed by atoms with Crippen molar-refractivity contribution >= 4 is 5.97 Å². The third kappa shape index (κ3) is 4.73. The number of carbonyl (C=O) groups is 1. The summed E-state index contributed by atoms with van der Waals surface area (Å²) < 4.78 is 0. The van der Waals surface area contributed by atoms with E-state index in [9.17, 15) is 4.79 Å². The maximum Gasteiger partial charge on any atom is 0.306 e. The van der Waals surface area contributed by atoms with Crippen LogP contribution >= 0.6 is 0 Å². The van der Waals surface area contributed by atoms with Gasteiger partial charge in [0.05, 0.1) is 12.0 Å². The Morgan fingerprint density at radius 1 is 1.75 bits per heavy atom. The van der Waals surface area contributed by atoms with E-state index < -0.39 is 5.97 Å². The molecule has 0 aliphatic rings. The van der Waals surface area contributed by atoms with Crippen LogP contribution in [0, 0.1) is 23.7 Å². The summed E-state index contributed by atoms with van der Waals surface area (Å²) >= 11 is 0. The minimum atomic E-state index is -0.769. The van der Waals surface area contributed by atoms with Crippen molar-refractivity contribution < 1.29 is 9.90 Å². The Morgan fingerprint density at radius 3 is 2.83 bits per heavy atom. The van der Waals surface area contributed by atoms with Crippen molar-refractivity contribution in [3.63, 3.8) is 0 Å². The van der Waals surface area contributed by atoms with Crippen LogP contribution in [-0.2, 0) is 4.79 Å².